The van der Waals surface area contributed by atoms with E-state index in [-0.39, 0.29) is 5.82 Å². The topological polar surface area (TPSA) is 9.23 Å². The summed E-state index contributed by atoms with van der Waals surface area (Å²) in [6.45, 7) is 4.85. The Balaban J connectivity index is 1.55. The van der Waals surface area contributed by atoms with Crippen LogP contribution in [0.15, 0.2) is 42.5 Å². The van der Waals surface area contributed by atoms with E-state index in [4.69, 9.17) is 4.74 Å². The second kappa shape index (κ2) is 9.92. The monoisotopic (exact) mass is 368 g/mol. The van der Waals surface area contributed by atoms with Crippen molar-refractivity contribution in [2.24, 2.45) is 5.92 Å². The van der Waals surface area contributed by atoms with Crippen LogP contribution in [0.5, 0.6) is 5.75 Å². The normalized spacial score (nSPS) is 19.8. The van der Waals surface area contributed by atoms with E-state index in [2.05, 4.69) is 44.2 Å². The van der Waals surface area contributed by atoms with Crippen molar-refractivity contribution in [1.29, 1.82) is 0 Å². The molecule has 0 aliphatic heterocycles. The molecule has 1 aliphatic carbocycles. The van der Waals surface area contributed by atoms with Crippen molar-refractivity contribution in [1.82, 2.24) is 0 Å². The van der Waals surface area contributed by atoms with Crippen molar-refractivity contribution >= 4 is 0 Å². The number of hydrogen-bond donors (Lipinski definition) is 0. The highest BCUT2D eigenvalue weighted by Crippen LogP contribution is 2.38. The Kier molecular flexibility index (Phi) is 7.32. The third kappa shape index (κ3) is 5.57. The third-order valence-corrected chi connectivity index (χ3v) is 5.93. The molecule has 0 amide bonds. The van der Waals surface area contributed by atoms with Crippen molar-refractivity contribution in [3.8, 4) is 5.75 Å². The van der Waals surface area contributed by atoms with E-state index < -0.39 is 0 Å². The zero-order chi connectivity index (χ0) is 19.1. The lowest BCUT2D eigenvalue weighted by Crippen LogP contribution is -2.13. The van der Waals surface area contributed by atoms with Crippen LogP contribution in [0, 0.1) is 11.7 Å². The van der Waals surface area contributed by atoms with Crippen LogP contribution in [0.1, 0.15) is 81.4 Å². The van der Waals surface area contributed by atoms with Gasteiger partial charge in [-0.15, -0.1) is 0 Å². The van der Waals surface area contributed by atoms with Gasteiger partial charge in [-0.1, -0.05) is 63.4 Å². The summed E-state index contributed by atoms with van der Waals surface area (Å²) in [5.41, 5.74) is 3.55. The molecule has 1 nitrogen and oxygen atoms in total. The number of aryl methyl sites for hydroxylation is 1. The van der Waals surface area contributed by atoms with E-state index in [0.717, 1.165) is 29.9 Å². The Morgan fingerprint density at radius 2 is 1.59 bits per heavy atom. The second-order valence-electron chi connectivity index (χ2n) is 8.05. The van der Waals surface area contributed by atoms with Crippen molar-refractivity contribution in [2.45, 2.75) is 77.7 Å². The highest BCUT2D eigenvalue weighted by atomic mass is 19.1. The van der Waals surface area contributed by atoms with E-state index in [1.54, 1.807) is 6.07 Å². The van der Waals surface area contributed by atoms with Crippen molar-refractivity contribution in [3.05, 3.63) is 65.0 Å². The van der Waals surface area contributed by atoms with Gasteiger partial charge in [-0.05, 0) is 72.8 Å². The van der Waals surface area contributed by atoms with Crippen LogP contribution in [0.25, 0.3) is 0 Å². The first-order valence-corrected chi connectivity index (χ1v) is 10.7. The van der Waals surface area contributed by atoms with Gasteiger partial charge in [-0.3, -0.25) is 0 Å². The highest BCUT2D eigenvalue weighted by Gasteiger charge is 2.22. The van der Waals surface area contributed by atoms with Crippen LogP contribution < -0.4 is 4.74 Å². The summed E-state index contributed by atoms with van der Waals surface area (Å²) >= 11 is 0. The van der Waals surface area contributed by atoms with Gasteiger partial charge in [-0.2, -0.15) is 0 Å². The van der Waals surface area contributed by atoms with E-state index in [0.29, 0.717) is 18.3 Å². The van der Waals surface area contributed by atoms with E-state index in [1.807, 2.05) is 6.07 Å². The summed E-state index contributed by atoms with van der Waals surface area (Å²) in [5, 5.41) is 0. The molecule has 0 N–H and O–H groups in total. The molecule has 146 valence electrons. The summed E-state index contributed by atoms with van der Waals surface area (Å²) < 4.78 is 20.3. The maximum atomic E-state index is 14.5. The van der Waals surface area contributed by atoms with E-state index in [9.17, 15) is 4.39 Å². The molecule has 3 rings (SSSR count). The second-order valence-corrected chi connectivity index (χ2v) is 8.05. The molecule has 0 heterocycles. The Morgan fingerprint density at radius 3 is 2.22 bits per heavy atom. The SMILES string of the molecule is CCCc1ccc(COc2ccc(C3CCC(CCC)CC3)cc2F)cc1. The molecule has 0 radical (unpaired) electrons. The van der Waals surface area contributed by atoms with Crippen LogP contribution in [0.3, 0.4) is 0 Å². The first kappa shape index (κ1) is 19.9. The predicted molar refractivity (Wildman–Crippen MR) is 111 cm³/mol. The Morgan fingerprint density at radius 1 is 0.889 bits per heavy atom. The van der Waals surface area contributed by atoms with Gasteiger partial charge in [0.1, 0.15) is 6.61 Å². The summed E-state index contributed by atoms with van der Waals surface area (Å²) in [7, 11) is 0. The lowest BCUT2D eigenvalue weighted by atomic mass is 9.77. The highest BCUT2D eigenvalue weighted by molar-refractivity contribution is 5.32. The molecule has 0 aromatic heterocycles. The lowest BCUT2D eigenvalue weighted by Gasteiger charge is -2.28. The van der Waals surface area contributed by atoms with E-state index >= 15 is 0 Å². The summed E-state index contributed by atoms with van der Waals surface area (Å²) in [4.78, 5) is 0. The molecule has 0 unspecified atom stereocenters. The first-order valence-electron chi connectivity index (χ1n) is 10.7. The Labute approximate surface area is 164 Å². The average molecular weight is 369 g/mol. The van der Waals surface area contributed by atoms with Crippen LogP contribution in [-0.2, 0) is 13.0 Å². The molecule has 1 saturated carbocycles. The largest absolute Gasteiger partial charge is 0.486 e. The summed E-state index contributed by atoms with van der Waals surface area (Å²) in [6.07, 6.45) is 9.80. The van der Waals surface area contributed by atoms with Gasteiger partial charge in [0.05, 0.1) is 0 Å². The number of ether oxygens (including phenoxy) is 1. The van der Waals surface area contributed by atoms with Crippen molar-refractivity contribution in [2.75, 3.05) is 0 Å². The van der Waals surface area contributed by atoms with Gasteiger partial charge in [0.15, 0.2) is 11.6 Å². The molecular formula is C25H33FO. The Bertz CT molecular complexity index is 699. The smallest absolute Gasteiger partial charge is 0.165 e. The molecule has 0 spiro atoms. The fourth-order valence-corrected chi connectivity index (χ4v) is 4.33. The maximum absolute atomic E-state index is 14.5. The summed E-state index contributed by atoms with van der Waals surface area (Å²) in [5.74, 6) is 1.51. The van der Waals surface area contributed by atoms with Gasteiger partial charge < -0.3 is 4.74 Å². The third-order valence-electron chi connectivity index (χ3n) is 5.93. The number of benzene rings is 2. The number of hydrogen-bond acceptors (Lipinski definition) is 1. The predicted octanol–water partition coefficient (Wildman–Crippen LogP) is 7.43. The molecule has 0 bridgehead atoms. The molecular weight excluding hydrogens is 335 g/mol. The van der Waals surface area contributed by atoms with Crippen LogP contribution in [0.4, 0.5) is 4.39 Å². The van der Waals surface area contributed by atoms with E-state index in [1.165, 1.54) is 44.1 Å². The molecule has 0 atom stereocenters. The zero-order valence-corrected chi connectivity index (χ0v) is 16.8. The molecule has 2 aromatic carbocycles. The molecule has 0 saturated heterocycles. The standard InChI is InChI=1S/C25H33FO/c1-3-5-19-7-9-21(10-8-19)18-27-25-16-15-23(17-24(25)26)22-13-11-20(6-4-2)12-14-22/h7-10,15-17,20,22H,3-6,11-14,18H2,1-2H3. The van der Waals surface area contributed by atoms with Gasteiger partial charge in [0.25, 0.3) is 0 Å². The minimum absolute atomic E-state index is 0.231. The molecule has 1 aliphatic rings. The Hall–Kier alpha value is -1.83. The number of halogens is 1. The van der Waals surface area contributed by atoms with Crippen LogP contribution in [0.2, 0.25) is 0 Å². The van der Waals surface area contributed by atoms with Crippen molar-refractivity contribution in [3.63, 3.8) is 0 Å². The van der Waals surface area contributed by atoms with Crippen LogP contribution in [-0.4, -0.2) is 0 Å². The molecule has 27 heavy (non-hydrogen) atoms. The fraction of sp³-hybridized carbons (Fsp3) is 0.520. The zero-order valence-electron chi connectivity index (χ0n) is 16.8. The van der Waals surface area contributed by atoms with Gasteiger partial charge in [0.2, 0.25) is 0 Å². The van der Waals surface area contributed by atoms with Gasteiger partial charge >= 0.3 is 0 Å². The average Bonchev–Trinajstić information content (AvgIpc) is 2.69. The van der Waals surface area contributed by atoms with Gasteiger partial charge in [0, 0.05) is 0 Å². The summed E-state index contributed by atoms with van der Waals surface area (Å²) in [6, 6.07) is 14.0. The first-order chi connectivity index (χ1) is 13.2. The fourth-order valence-electron chi connectivity index (χ4n) is 4.33. The minimum atomic E-state index is -0.231. The number of rotatable bonds is 8. The molecule has 2 heteroatoms. The lowest BCUT2D eigenvalue weighted by molar-refractivity contribution is 0.288. The maximum Gasteiger partial charge on any atom is 0.165 e. The molecule has 1 fully saturated rings. The van der Waals surface area contributed by atoms with Crippen molar-refractivity contribution < 1.29 is 9.13 Å². The quantitative estimate of drug-likeness (QED) is 0.471. The minimum Gasteiger partial charge on any atom is -0.486 e. The van der Waals surface area contributed by atoms with Gasteiger partial charge in [-0.25, -0.2) is 4.39 Å². The van der Waals surface area contributed by atoms with Crippen LogP contribution >= 0.6 is 0 Å². The molecule has 2 aromatic rings.